The molecule has 1 aliphatic heterocycles. The van der Waals surface area contributed by atoms with Crippen molar-refractivity contribution >= 4 is 21.9 Å². The van der Waals surface area contributed by atoms with Crippen LogP contribution in [0.1, 0.15) is 23.1 Å². The molecule has 0 saturated heterocycles. The van der Waals surface area contributed by atoms with Crippen molar-refractivity contribution in [1.82, 2.24) is 4.90 Å². The van der Waals surface area contributed by atoms with E-state index < -0.39 is 10.3 Å². The number of rotatable bonds is 5. The van der Waals surface area contributed by atoms with Gasteiger partial charge in [0.15, 0.2) is 0 Å². The number of nitrogens with one attached hydrogen (secondary N) is 1. The summed E-state index contributed by atoms with van der Waals surface area (Å²) in [4.78, 5) is 14.3. The summed E-state index contributed by atoms with van der Waals surface area (Å²) in [5.74, 6) is 0.0858. The maximum absolute atomic E-state index is 12.5. The van der Waals surface area contributed by atoms with Gasteiger partial charge < -0.3 is 4.90 Å². The normalized spacial score (nSPS) is 14.0. The molecule has 2 aromatic rings. The topological polar surface area (TPSA) is 86.7 Å². The van der Waals surface area contributed by atoms with E-state index in [9.17, 15) is 13.2 Å². The Bertz CT molecular complexity index is 866. The van der Waals surface area contributed by atoms with E-state index in [0.29, 0.717) is 31.6 Å². The lowest BCUT2D eigenvalue weighted by atomic mass is 9.98. The van der Waals surface area contributed by atoms with Gasteiger partial charge in [0.25, 0.3) is 0 Å². The molecule has 7 heteroatoms. The summed E-state index contributed by atoms with van der Waals surface area (Å²) in [7, 11) is -4.30. The minimum atomic E-state index is -4.30. The first-order valence-corrected chi connectivity index (χ1v) is 9.53. The van der Waals surface area contributed by atoms with Crippen LogP contribution in [0.4, 0.5) is 5.69 Å². The van der Waals surface area contributed by atoms with E-state index in [1.165, 1.54) is 0 Å². The molecule has 3 rings (SSSR count). The maximum atomic E-state index is 12.5. The van der Waals surface area contributed by atoms with E-state index in [1.54, 1.807) is 17.0 Å². The number of aryl methyl sites for hydroxylation is 1. The molecular weight excluding hydrogens is 340 g/mol. The average Bonchev–Trinajstić information content (AvgIpc) is 2.58. The molecule has 0 unspecified atom stereocenters. The first kappa shape index (κ1) is 17.4. The molecule has 132 valence electrons. The lowest BCUT2D eigenvalue weighted by Gasteiger charge is -2.29. The third-order valence-electron chi connectivity index (χ3n) is 4.29. The van der Waals surface area contributed by atoms with Crippen LogP contribution in [0.3, 0.4) is 0 Å². The molecule has 1 aliphatic rings. The zero-order valence-corrected chi connectivity index (χ0v) is 14.5. The highest BCUT2D eigenvalue weighted by Gasteiger charge is 2.21. The minimum absolute atomic E-state index is 0.0858. The molecule has 6 nitrogen and oxygen atoms in total. The van der Waals surface area contributed by atoms with Crippen molar-refractivity contribution in [3.8, 4) is 0 Å². The highest BCUT2D eigenvalue weighted by atomic mass is 32.2. The number of hydrogen-bond donors (Lipinski definition) is 2. The van der Waals surface area contributed by atoms with Crippen molar-refractivity contribution in [2.45, 2.75) is 25.8 Å². The molecule has 0 aliphatic carbocycles. The largest absolute Gasteiger partial charge is 0.357 e. The van der Waals surface area contributed by atoms with Crippen molar-refractivity contribution in [2.24, 2.45) is 0 Å². The van der Waals surface area contributed by atoms with Gasteiger partial charge in [-0.1, -0.05) is 36.4 Å². The van der Waals surface area contributed by atoms with Crippen LogP contribution in [0, 0.1) is 0 Å². The molecule has 2 aromatic carbocycles. The molecule has 0 saturated carbocycles. The van der Waals surface area contributed by atoms with Crippen LogP contribution in [0.5, 0.6) is 0 Å². The van der Waals surface area contributed by atoms with Crippen molar-refractivity contribution in [3.05, 3.63) is 65.2 Å². The molecule has 1 amide bonds. The Balaban J connectivity index is 1.65. The number of carbonyl (C=O) groups is 1. The fraction of sp³-hybridized carbons (Fsp3) is 0.278. The Morgan fingerprint density at radius 1 is 1.12 bits per heavy atom. The van der Waals surface area contributed by atoms with Gasteiger partial charge in [0.05, 0.1) is 5.69 Å². The molecule has 0 spiro atoms. The number of nitrogens with zero attached hydrogens (tertiary/aromatic N) is 1. The second-order valence-corrected chi connectivity index (χ2v) is 7.27. The van der Waals surface area contributed by atoms with Crippen LogP contribution in [0.15, 0.2) is 48.5 Å². The summed E-state index contributed by atoms with van der Waals surface area (Å²) in [6, 6.07) is 15.0. The van der Waals surface area contributed by atoms with Crippen molar-refractivity contribution in [1.29, 1.82) is 0 Å². The van der Waals surface area contributed by atoms with Crippen LogP contribution in [0.2, 0.25) is 0 Å². The Morgan fingerprint density at radius 2 is 1.88 bits per heavy atom. The molecule has 0 fully saturated rings. The number of anilines is 1. The highest BCUT2D eigenvalue weighted by Crippen LogP contribution is 2.23. The van der Waals surface area contributed by atoms with E-state index in [-0.39, 0.29) is 5.91 Å². The number of benzene rings is 2. The average molecular weight is 360 g/mol. The highest BCUT2D eigenvalue weighted by molar-refractivity contribution is 7.87. The van der Waals surface area contributed by atoms with Gasteiger partial charge in [-0.15, -0.1) is 0 Å². The third-order valence-corrected chi connectivity index (χ3v) is 4.78. The van der Waals surface area contributed by atoms with Gasteiger partial charge in [-0.2, -0.15) is 8.42 Å². The van der Waals surface area contributed by atoms with E-state index in [2.05, 4.69) is 0 Å². The summed E-state index contributed by atoms with van der Waals surface area (Å²) in [5, 5.41) is 0. The fourth-order valence-corrected chi connectivity index (χ4v) is 3.46. The number of fused-ring (bicyclic) bond motifs is 1. The third kappa shape index (κ3) is 4.80. The predicted molar refractivity (Wildman–Crippen MR) is 95.5 cm³/mol. The summed E-state index contributed by atoms with van der Waals surface area (Å²) in [6.45, 7) is 1.11. The molecule has 0 bridgehead atoms. The number of amides is 1. The standard InChI is InChI=1S/C18H20N2O4S/c21-18(9-6-14-4-2-1-3-5-14)20-11-10-15-7-8-17(12-16(15)13-20)19-25(22,23)24/h1-5,7-8,12,19H,6,9-11,13H2,(H,22,23,24). The fourth-order valence-electron chi connectivity index (χ4n) is 3.04. The Labute approximate surface area is 147 Å². The van der Waals surface area contributed by atoms with Gasteiger partial charge in [0.2, 0.25) is 5.91 Å². The Morgan fingerprint density at radius 3 is 2.60 bits per heavy atom. The van der Waals surface area contributed by atoms with Crippen LogP contribution < -0.4 is 4.72 Å². The summed E-state index contributed by atoms with van der Waals surface area (Å²) >= 11 is 0. The van der Waals surface area contributed by atoms with E-state index in [4.69, 9.17) is 4.55 Å². The predicted octanol–water partition coefficient (Wildman–Crippen LogP) is 2.42. The summed E-state index contributed by atoms with van der Waals surface area (Å²) in [6.07, 6.45) is 1.88. The molecule has 2 N–H and O–H groups in total. The Hall–Kier alpha value is -2.38. The number of carbonyl (C=O) groups excluding carboxylic acids is 1. The first-order valence-electron chi connectivity index (χ1n) is 8.09. The van der Waals surface area contributed by atoms with Crippen molar-refractivity contribution in [3.63, 3.8) is 0 Å². The molecule has 0 atom stereocenters. The second kappa shape index (κ2) is 7.25. The second-order valence-electron chi connectivity index (χ2n) is 6.11. The van der Waals surface area contributed by atoms with E-state index >= 15 is 0 Å². The smallest absolute Gasteiger partial charge is 0.338 e. The van der Waals surface area contributed by atoms with E-state index in [1.807, 2.05) is 41.1 Å². The molecule has 0 radical (unpaired) electrons. The monoisotopic (exact) mass is 360 g/mol. The van der Waals surface area contributed by atoms with Gasteiger partial charge >= 0.3 is 10.3 Å². The van der Waals surface area contributed by atoms with Gasteiger partial charge in [-0.05, 0) is 41.7 Å². The lowest BCUT2D eigenvalue weighted by Crippen LogP contribution is -2.36. The molecule has 1 heterocycles. The van der Waals surface area contributed by atoms with Gasteiger partial charge in [0, 0.05) is 19.5 Å². The minimum Gasteiger partial charge on any atom is -0.338 e. The Kier molecular flexibility index (Phi) is 5.06. The summed E-state index contributed by atoms with van der Waals surface area (Å²) in [5.41, 5.74) is 3.41. The van der Waals surface area contributed by atoms with Crippen LogP contribution in [0.25, 0.3) is 0 Å². The molecule has 0 aromatic heterocycles. The van der Waals surface area contributed by atoms with E-state index in [0.717, 1.165) is 23.1 Å². The summed E-state index contributed by atoms with van der Waals surface area (Å²) < 4.78 is 32.8. The van der Waals surface area contributed by atoms with Crippen LogP contribution in [-0.2, 0) is 34.5 Å². The number of hydrogen-bond acceptors (Lipinski definition) is 3. The van der Waals surface area contributed by atoms with Crippen LogP contribution >= 0.6 is 0 Å². The zero-order valence-electron chi connectivity index (χ0n) is 13.7. The van der Waals surface area contributed by atoms with Gasteiger partial charge in [-0.25, -0.2) is 0 Å². The van der Waals surface area contributed by atoms with Crippen molar-refractivity contribution < 1.29 is 17.8 Å². The maximum Gasteiger partial charge on any atom is 0.357 e. The molecular formula is C18H20N2O4S. The van der Waals surface area contributed by atoms with Gasteiger partial charge in [0.1, 0.15) is 0 Å². The quantitative estimate of drug-likeness (QED) is 0.802. The van der Waals surface area contributed by atoms with Gasteiger partial charge in [-0.3, -0.25) is 14.1 Å². The van der Waals surface area contributed by atoms with Crippen molar-refractivity contribution in [2.75, 3.05) is 11.3 Å². The molecule has 25 heavy (non-hydrogen) atoms. The SMILES string of the molecule is O=C(CCc1ccccc1)N1CCc2ccc(NS(=O)(=O)O)cc2C1. The lowest BCUT2D eigenvalue weighted by molar-refractivity contribution is -0.132. The van der Waals surface area contributed by atoms with Crippen LogP contribution in [-0.4, -0.2) is 30.3 Å². The first-order chi connectivity index (χ1) is 11.9. The zero-order chi connectivity index (χ0) is 17.9.